The monoisotopic (exact) mass is 318 g/mol. The number of nitrogens with one attached hydrogen (secondary N) is 2. The van der Waals surface area contributed by atoms with Gasteiger partial charge in [0.25, 0.3) is 0 Å². The summed E-state index contributed by atoms with van der Waals surface area (Å²) < 4.78 is 13.0. The van der Waals surface area contributed by atoms with Crippen LogP contribution in [-0.4, -0.2) is 17.6 Å². The van der Waals surface area contributed by atoms with Crippen molar-refractivity contribution >= 4 is 35.0 Å². The lowest BCUT2D eigenvalue weighted by molar-refractivity contribution is -0.114. The number of thioether (sulfide) groups is 1. The smallest absolute Gasteiger partial charge is 0.234 e. The molecular weight excluding hydrogens is 303 g/mol. The van der Waals surface area contributed by atoms with Gasteiger partial charge in [-0.2, -0.15) is 0 Å². The molecule has 0 aromatic heterocycles. The molecule has 0 bridgehead atoms. The largest absolute Gasteiger partial charge is 0.326 e. The first-order chi connectivity index (χ1) is 10.5. The van der Waals surface area contributed by atoms with E-state index < -0.39 is 0 Å². The van der Waals surface area contributed by atoms with Crippen LogP contribution >= 0.6 is 11.8 Å². The molecule has 6 heteroatoms. The summed E-state index contributed by atoms with van der Waals surface area (Å²) in [5.74, 6) is -0.508. The van der Waals surface area contributed by atoms with Gasteiger partial charge in [0.1, 0.15) is 5.82 Å². The van der Waals surface area contributed by atoms with Crippen LogP contribution in [0.3, 0.4) is 0 Å². The zero-order valence-corrected chi connectivity index (χ0v) is 12.7. The van der Waals surface area contributed by atoms with E-state index in [-0.39, 0.29) is 23.4 Å². The molecule has 2 amide bonds. The van der Waals surface area contributed by atoms with Crippen molar-refractivity contribution < 1.29 is 14.0 Å². The average Bonchev–Trinajstić information content (AvgIpc) is 2.46. The summed E-state index contributed by atoms with van der Waals surface area (Å²) in [7, 11) is 0. The first-order valence-electron chi connectivity index (χ1n) is 6.59. The van der Waals surface area contributed by atoms with Crippen LogP contribution in [0.15, 0.2) is 53.4 Å². The zero-order valence-electron chi connectivity index (χ0n) is 11.9. The first-order valence-corrected chi connectivity index (χ1v) is 7.57. The maximum Gasteiger partial charge on any atom is 0.234 e. The fraction of sp³-hybridized carbons (Fsp3) is 0.125. The number of hydrogen-bond acceptors (Lipinski definition) is 3. The molecule has 0 saturated heterocycles. The van der Waals surface area contributed by atoms with Crippen molar-refractivity contribution in [3.8, 4) is 0 Å². The molecule has 0 spiro atoms. The first kappa shape index (κ1) is 16.0. The third kappa shape index (κ3) is 5.21. The van der Waals surface area contributed by atoms with Crippen LogP contribution in [-0.2, 0) is 9.59 Å². The molecule has 2 aromatic rings. The highest BCUT2D eigenvalue weighted by Crippen LogP contribution is 2.20. The van der Waals surface area contributed by atoms with Crippen LogP contribution in [0, 0.1) is 5.82 Å². The SMILES string of the molecule is CC(=O)Nc1ccc(SCC(=O)Nc2cccc(F)c2)cc1. The fourth-order valence-electron chi connectivity index (χ4n) is 1.75. The highest BCUT2D eigenvalue weighted by Gasteiger charge is 2.05. The van der Waals surface area contributed by atoms with Gasteiger partial charge >= 0.3 is 0 Å². The van der Waals surface area contributed by atoms with Crippen molar-refractivity contribution in [2.24, 2.45) is 0 Å². The molecule has 0 unspecified atom stereocenters. The van der Waals surface area contributed by atoms with Crippen molar-refractivity contribution in [1.82, 2.24) is 0 Å². The predicted molar refractivity (Wildman–Crippen MR) is 86.5 cm³/mol. The maximum absolute atomic E-state index is 13.0. The van der Waals surface area contributed by atoms with Gasteiger partial charge in [0.2, 0.25) is 11.8 Å². The third-order valence-corrected chi connectivity index (χ3v) is 3.67. The normalized spacial score (nSPS) is 10.1. The molecule has 4 nitrogen and oxygen atoms in total. The Bertz CT molecular complexity index is 674. The van der Waals surface area contributed by atoms with Gasteiger partial charge in [-0.05, 0) is 42.5 Å². The number of hydrogen-bond donors (Lipinski definition) is 2. The van der Waals surface area contributed by atoms with Crippen LogP contribution in [0.4, 0.5) is 15.8 Å². The van der Waals surface area contributed by atoms with Gasteiger partial charge in [0, 0.05) is 23.2 Å². The molecule has 114 valence electrons. The van der Waals surface area contributed by atoms with Crippen molar-refractivity contribution in [2.75, 3.05) is 16.4 Å². The van der Waals surface area contributed by atoms with Gasteiger partial charge < -0.3 is 10.6 Å². The Morgan fingerprint density at radius 3 is 2.41 bits per heavy atom. The van der Waals surface area contributed by atoms with Crippen LogP contribution < -0.4 is 10.6 Å². The molecule has 0 atom stereocenters. The summed E-state index contributed by atoms with van der Waals surface area (Å²) in [6.45, 7) is 1.44. The van der Waals surface area contributed by atoms with Crippen molar-refractivity contribution in [1.29, 1.82) is 0 Å². The van der Waals surface area contributed by atoms with Gasteiger partial charge in [0.05, 0.1) is 5.75 Å². The average molecular weight is 318 g/mol. The second-order valence-corrected chi connectivity index (χ2v) is 5.60. The van der Waals surface area contributed by atoms with Crippen LogP contribution in [0.2, 0.25) is 0 Å². The van der Waals surface area contributed by atoms with E-state index in [0.29, 0.717) is 11.4 Å². The predicted octanol–water partition coefficient (Wildman–Crippen LogP) is 3.51. The Balaban J connectivity index is 1.84. The lowest BCUT2D eigenvalue weighted by Gasteiger charge is -2.06. The molecule has 0 saturated carbocycles. The number of benzene rings is 2. The Hall–Kier alpha value is -2.34. The van der Waals surface area contributed by atoms with E-state index in [1.54, 1.807) is 24.3 Å². The third-order valence-electron chi connectivity index (χ3n) is 2.65. The second-order valence-electron chi connectivity index (χ2n) is 4.55. The van der Waals surface area contributed by atoms with E-state index in [2.05, 4.69) is 10.6 Å². The Morgan fingerprint density at radius 2 is 1.77 bits per heavy atom. The summed E-state index contributed by atoms with van der Waals surface area (Å²) in [5.41, 5.74) is 1.15. The van der Waals surface area contributed by atoms with E-state index in [0.717, 1.165) is 4.90 Å². The summed E-state index contributed by atoms with van der Waals surface area (Å²) in [6, 6.07) is 13.0. The molecular formula is C16H15FN2O2S. The van der Waals surface area contributed by atoms with Crippen LogP contribution in [0.5, 0.6) is 0 Å². The van der Waals surface area contributed by atoms with Crippen molar-refractivity contribution in [3.05, 3.63) is 54.3 Å². The Morgan fingerprint density at radius 1 is 1.05 bits per heavy atom. The summed E-state index contributed by atoms with van der Waals surface area (Å²) >= 11 is 1.36. The van der Waals surface area contributed by atoms with Crippen molar-refractivity contribution in [3.63, 3.8) is 0 Å². The highest BCUT2D eigenvalue weighted by molar-refractivity contribution is 8.00. The Labute approximate surface area is 132 Å². The highest BCUT2D eigenvalue weighted by atomic mass is 32.2. The van der Waals surface area contributed by atoms with Gasteiger partial charge in [-0.15, -0.1) is 11.8 Å². The Kier molecular flexibility index (Phi) is 5.55. The van der Waals surface area contributed by atoms with E-state index >= 15 is 0 Å². The molecule has 0 heterocycles. The number of rotatable bonds is 5. The number of carbonyl (C=O) groups excluding carboxylic acids is 2. The van der Waals surface area contributed by atoms with Gasteiger partial charge in [0.15, 0.2) is 0 Å². The molecule has 0 radical (unpaired) electrons. The summed E-state index contributed by atoms with van der Waals surface area (Å²) in [5, 5.41) is 5.31. The van der Waals surface area contributed by atoms with E-state index in [1.165, 1.54) is 30.8 Å². The molecule has 0 aliphatic heterocycles. The second kappa shape index (κ2) is 7.61. The van der Waals surface area contributed by atoms with Crippen LogP contribution in [0.1, 0.15) is 6.92 Å². The fourth-order valence-corrected chi connectivity index (χ4v) is 2.45. The molecule has 0 aliphatic carbocycles. The quantitative estimate of drug-likeness (QED) is 0.829. The standard InChI is InChI=1S/C16H15FN2O2S/c1-11(20)18-13-5-7-15(8-6-13)22-10-16(21)19-14-4-2-3-12(17)9-14/h2-9H,10H2,1H3,(H,18,20)(H,19,21). The van der Waals surface area contributed by atoms with Gasteiger partial charge in [-0.3, -0.25) is 9.59 Å². The topological polar surface area (TPSA) is 58.2 Å². The van der Waals surface area contributed by atoms with Gasteiger partial charge in [-0.1, -0.05) is 6.07 Å². The molecule has 2 rings (SSSR count). The molecule has 22 heavy (non-hydrogen) atoms. The molecule has 0 aliphatic rings. The van der Waals surface area contributed by atoms with E-state index in [4.69, 9.17) is 0 Å². The maximum atomic E-state index is 13.0. The number of amides is 2. The molecule has 2 N–H and O–H groups in total. The minimum Gasteiger partial charge on any atom is -0.326 e. The van der Waals surface area contributed by atoms with E-state index in [9.17, 15) is 14.0 Å². The number of anilines is 2. The lowest BCUT2D eigenvalue weighted by atomic mass is 10.3. The minimum atomic E-state index is -0.390. The molecule has 0 fully saturated rings. The van der Waals surface area contributed by atoms with E-state index in [1.807, 2.05) is 12.1 Å². The van der Waals surface area contributed by atoms with Crippen LogP contribution in [0.25, 0.3) is 0 Å². The number of halogens is 1. The summed E-state index contributed by atoms with van der Waals surface area (Å²) in [4.78, 5) is 23.6. The number of carbonyl (C=O) groups is 2. The summed E-state index contributed by atoms with van der Waals surface area (Å²) in [6.07, 6.45) is 0. The minimum absolute atomic E-state index is 0.130. The molecule has 2 aromatic carbocycles. The van der Waals surface area contributed by atoms with Gasteiger partial charge in [-0.25, -0.2) is 4.39 Å². The lowest BCUT2D eigenvalue weighted by Crippen LogP contribution is -2.14. The van der Waals surface area contributed by atoms with Crippen molar-refractivity contribution in [2.45, 2.75) is 11.8 Å². The zero-order chi connectivity index (χ0) is 15.9.